The van der Waals surface area contributed by atoms with Crippen molar-refractivity contribution < 1.29 is 13.2 Å². The molecular weight excluding hydrogens is 345 g/mol. The summed E-state index contributed by atoms with van der Waals surface area (Å²) in [5, 5.41) is 1.99. The first-order valence-corrected chi connectivity index (χ1v) is 8.00. The second-order valence-corrected chi connectivity index (χ2v) is 6.16. The fourth-order valence-corrected chi connectivity index (χ4v) is 3.12. The average Bonchev–Trinajstić information content (AvgIpc) is 2.51. The van der Waals surface area contributed by atoms with Crippen LogP contribution in [0.4, 0.5) is 13.2 Å². The quantitative estimate of drug-likeness (QED) is 0.348. The number of rotatable bonds is 3. The van der Waals surface area contributed by atoms with Gasteiger partial charge >= 0.3 is 6.18 Å². The zero-order valence-electron chi connectivity index (χ0n) is 11.6. The normalized spacial score (nSPS) is 11.8. The lowest BCUT2D eigenvalue weighted by Crippen LogP contribution is -2.09. The van der Waals surface area contributed by atoms with Gasteiger partial charge in [-0.2, -0.15) is 13.2 Å². The molecule has 0 aliphatic carbocycles. The third-order valence-corrected chi connectivity index (χ3v) is 4.26. The van der Waals surface area contributed by atoms with Crippen molar-refractivity contribution in [2.45, 2.75) is 17.1 Å². The fraction of sp³-hybridized carbons (Fsp3) is 0.125. The molecule has 0 radical (unpaired) electrons. The van der Waals surface area contributed by atoms with Gasteiger partial charge in [0.15, 0.2) is 10.9 Å². The van der Waals surface area contributed by atoms with Crippen molar-refractivity contribution in [3.8, 4) is 0 Å². The lowest BCUT2D eigenvalue weighted by Gasteiger charge is -2.08. The summed E-state index contributed by atoms with van der Waals surface area (Å²) in [4.78, 5) is 7.37. The van der Waals surface area contributed by atoms with Crippen LogP contribution < -0.4 is 0 Å². The first kappa shape index (κ1) is 16.1. The van der Waals surface area contributed by atoms with Crippen molar-refractivity contribution in [1.82, 2.24) is 9.97 Å². The number of hydrogen-bond donors (Lipinski definition) is 0. The highest BCUT2D eigenvalue weighted by atomic mass is 35.5. The summed E-state index contributed by atoms with van der Waals surface area (Å²) < 4.78 is 38.2. The molecule has 0 bridgehead atoms. The molecule has 0 aliphatic heterocycles. The van der Waals surface area contributed by atoms with Gasteiger partial charge in [0.1, 0.15) is 5.15 Å². The van der Waals surface area contributed by atoms with E-state index < -0.39 is 11.9 Å². The van der Waals surface area contributed by atoms with Gasteiger partial charge in [-0.25, -0.2) is 9.97 Å². The smallest absolute Gasteiger partial charge is 0.218 e. The molecule has 23 heavy (non-hydrogen) atoms. The summed E-state index contributed by atoms with van der Waals surface area (Å²) >= 11 is 6.77. The van der Waals surface area contributed by atoms with Gasteiger partial charge < -0.3 is 0 Å². The number of aromatic nitrogens is 2. The molecular formula is C16H10ClF3N2S. The van der Waals surface area contributed by atoms with E-state index in [1.807, 2.05) is 42.5 Å². The van der Waals surface area contributed by atoms with Crippen molar-refractivity contribution in [2.24, 2.45) is 0 Å². The SMILES string of the molecule is FC(F)(F)c1cc(Cl)nc(SCc2ccc3ccccc3c2)n1. The topological polar surface area (TPSA) is 25.8 Å². The number of fused-ring (bicyclic) bond motifs is 1. The zero-order valence-corrected chi connectivity index (χ0v) is 13.2. The minimum atomic E-state index is -4.54. The van der Waals surface area contributed by atoms with E-state index in [2.05, 4.69) is 9.97 Å². The van der Waals surface area contributed by atoms with Gasteiger partial charge in [0.05, 0.1) is 0 Å². The predicted octanol–water partition coefficient (Wildman–Crippen LogP) is 5.59. The van der Waals surface area contributed by atoms with Crippen molar-refractivity contribution in [3.05, 3.63) is 64.9 Å². The van der Waals surface area contributed by atoms with E-state index in [4.69, 9.17) is 11.6 Å². The Morgan fingerprint density at radius 1 is 0.957 bits per heavy atom. The molecule has 2 nitrogen and oxygen atoms in total. The Morgan fingerprint density at radius 2 is 1.70 bits per heavy atom. The van der Waals surface area contributed by atoms with Crippen LogP contribution in [0.3, 0.4) is 0 Å². The van der Waals surface area contributed by atoms with E-state index >= 15 is 0 Å². The number of hydrogen-bond acceptors (Lipinski definition) is 3. The molecule has 0 atom stereocenters. The molecule has 0 aliphatic rings. The number of benzene rings is 2. The van der Waals surface area contributed by atoms with Gasteiger partial charge in [0.25, 0.3) is 0 Å². The molecule has 3 aromatic rings. The maximum Gasteiger partial charge on any atom is 0.433 e. The largest absolute Gasteiger partial charge is 0.433 e. The van der Waals surface area contributed by atoms with Crippen molar-refractivity contribution in [2.75, 3.05) is 0 Å². The maximum atomic E-state index is 12.7. The molecule has 0 saturated heterocycles. The van der Waals surface area contributed by atoms with E-state index in [0.717, 1.165) is 34.2 Å². The first-order valence-electron chi connectivity index (χ1n) is 6.64. The Bertz CT molecular complexity index is 852. The Labute approximate surface area is 139 Å². The Kier molecular flexibility index (Phi) is 4.46. The molecule has 0 spiro atoms. The highest BCUT2D eigenvalue weighted by Crippen LogP contribution is 2.31. The fourth-order valence-electron chi connectivity index (χ4n) is 2.08. The highest BCUT2D eigenvalue weighted by Gasteiger charge is 2.33. The Morgan fingerprint density at radius 3 is 2.43 bits per heavy atom. The zero-order chi connectivity index (χ0) is 16.4. The van der Waals surface area contributed by atoms with Gasteiger partial charge in [-0.3, -0.25) is 0 Å². The van der Waals surface area contributed by atoms with Crippen LogP contribution in [0, 0.1) is 0 Å². The minimum Gasteiger partial charge on any atom is -0.218 e. The molecule has 1 heterocycles. The van der Waals surface area contributed by atoms with Crippen molar-refractivity contribution >= 4 is 34.1 Å². The first-order chi connectivity index (χ1) is 10.9. The molecule has 0 N–H and O–H groups in total. The van der Waals surface area contributed by atoms with Crippen LogP contribution in [0.1, 0.15) is 11.3 Å². The van der Waals surface area contributed by atoms with Crippen LogP contribution in [0.2, 0.25) is 5.15 Å². The summed E-state index contributed by atoms with van der Waals surface area (Å²) in [6.45, 7) is 0. The number of alkyl halides is 3. The summed E-state index contributed by atoms with van der Waals surface area (Å²) in [6.07, 6.45) is -4.54. The Hall–Kier alpha value is -1.79. The van der Waals surface area contributed by atoms with Gasteiger partial charge in [0, 0.05) is 11.8 Å². The van der Waals surface area contributed by atoms with E-state index in [1.165, 1.54) is 0 Å². The molecule has 1 aromatic heterocycles. The molecule has 0 unspecified atom stereocenters. The molecule has 0 saturated carbocycles. The number of halogens is 4. The molecule has 7 heteroatoms. The lowest BCUT2D eigenvalue weighted by molar-refractivity contribution is -0.141. The van der Waals surface area contributed by atoms with Gasteiger partial charge in [0.2, 0.25) is 0 Å². The maximum absolute atomic E-state index is 12.7. The number of thioether (sulfide) groups is 1. The molecule has 3 rings (SSSR count). The third kappa shape index (κ3) is 3.95. The van der Waals surface area contributed by atoms with E-state index in [0.29, 0.717) is 5.75 Å². The van der Waals surface area contributed by atoms with E-state index in [1.54, 1.807) is 0 Å². The summed E-state index contributed by atoms with van der Waals surface area (Å²) in [7, 11) is 0. The third-order valence-electron chi connectivity index (χ3n) is 3.15. The number of nitrogens with zero attached hydrogens (tertiary/aromatic N) is 2. The Balaban J connectivity index is 1.80. The van der Waals surface area contributed by atoms with Gasteiger partial charge in [-0.1, -0.05) is 65.8 Å². The highest BCUT2D eigenvalue weighted by molar-refractivity contribution is 7.98. The molecule has 0 fully saturated rings. The second kappa shape index (κ2) is 6.37. The van der Waals surface area contributed by atoms with Crippen LogP contribution in [-0.2, 0) is 11.9 Å². The van der Waals surface area contributed by atoms with Crippen LogP contribution >= 0.6 is 23.4 Å². The molecule has 118 valence electrons. The molecule has 0 amide bonds. The summed E-state index contributed by atoms with van der Waals surface area (Å²) in [5.41, 5.74) is -0.0515. The monoisotopic (exact) mass is 354 g/mol. The second-order valence-electron chi connectivity index (χ2n) is 4.83. The average molecular weight is 355 g/mol. The summed E-state index contributed by atoms with van der Waals surface area (Å²) in [6, 6.07) is 14.5. The predicted molar refractivity (Wildman–Crippen MR) is 85.6 cm³/mol. The van der Waals surface area contributed by atoms with Crippen LogP contribution in [-0.4, -0.2) is 9.97 Å². The van der Waals surface area contributed by atoms with E-state index in [9.17, 15) is 13.2 Å². The van der Waals surface area contributed by atoms with Crippen molar-refractivity contribution in [1.29, 1.82) is 0 Å². The van der Waals surface area contributed by atoms with Crippen LogP contribution in [0.15, 0.2) is 53.7 Å². The minimum absolute atomic E-state index is 0.0120. The van der Waals surface area contributed by atoms with E-state index in [-0.39, 0.29) is 10.3 Å². The summed E-state index contributed by atoms with van der Waals surface area (Å²) in [5.74, 6) is 0.461. The molecule has 2 aromatic carbocycles. The van der Waals surface area contributed by atoms with Gasteiger partial charge in [-0.05, 0) is 16.3 Å². The lowest BCUT2D eigenvalue weighted by atomic mass is 10.1. The van der Waals surface area contributed by atoms with Gasteiger partial charge in [-0.15, -0.1) is 0 Å². The standard InChI is InChI=1S/C16H10ClF3N2S/c17-14-8-13(16(18,19)20)21-15(22-14)23-9-10-5-6-11-3-1-2-4-12(11)7-10/h1-8H,9H2. The van der Waals surface area contributed by atoms with Crippen LogP contribution in [0.25, 0.3) is 10.8 Å². The van der Waals surface area contributed by atoms with Crippen molar-refractivity contribution in [3.63, 3.8) is 0 Å². The van der Waals surface area contributed by atoms with Crippen LogP contribution in [0.5, 0.6) is 0 Å².